The molecule has 0 N–H and O–H groups in total. The summed E-state index contributed by atoms with van der Waals surface area (Å²) in [4.78, 5) is 1.12. The average Bonchev–Trinajstić information content (AvgIpc) is 3.09. The fourth-order valence-corrected chi connectivity index (χ4v) is 4.26. The van der Waals surface area contributed by atoms with E-state index in [2.05, 4.69) is 10.2 Å². The Balaban J connectivity index is 1.36. The Morgan fingerprint density at radius 2 is 1.88 bits per heavy atom. The van der Waals surface area contributed by atoms with Gasteiger partial charge in [0.05, 0.1) is 5.02 Å². The summed E-state index contributed by atoms with van der Waals surface area (Å²) in [5.41, 5.74) is 1.15. The lowest BCUT2D eigenvalue weighted by Gasteiger charge is -2.03. The third kappa shape index (κ3) is 5.97. The van der Waals surface area contributed by atoms with Gasteiger partial charge in [0.1, 0.15) is 5.75 Å². The zero-order valence-electron chi connectivity index (χ0n) is 14.4. The summed E-state index contributed by atoms with van der Waals surface area (Å²) >= 11 is 9.47. The van der Waals surface area contributed by atoms with Crippen LogP contribution < -0.4 is 4.74 Å². The van der Waals surface area contributed by atoms with Gasteiger partial charge in [0, 0.05) is 10.6 Å². The highest BCUT2D eigenvalue weighted by Crippen LogP contribution is 2.28. The largest absolute Gasteiger partial charge is 0.484 e. The Morgan fingerprint density at radius 3 is 2.73 bits per heavy atom. The van der Waals surface area contributed by atoms with Crippen molar-refractivity contribution in [2.24, 2.45) is 0 Å². The van der Waals surface area contributed by atoms with E-state index in [1.165, 1.54) is 0 Å². The van der Waals surface area contributed by atoms with Crippen LogP contribution in [0.3, 0.4) is 0 Å². The first-order chi connectivity index (χ1) is 12.7. The Hall–Kier alpha value is -1.63. The fourth-order valence-electron chi connectivity index (χ4n) is 2.17. The van der Waals surface area contributed by atoms with Gasteiger partial charge in [0.2, 0.25) is 0 Å². The molecule has 3 aromatic rings. The van der Waals surface area contributed by atoms with E-state index in [1.807, 2.05) is 55.5 Å². The second-order valence-corrected chi connectivity index (χ2v) is 8.14. The highest BCUT2D eigenvalue weighted by atomic mass is 35.5. The number of aryl methyl sites for hydroxylation is 1. The van der Waals surface area contributed by atoms with Gasteiger partial charge in [-0.15, -0.1) is 22.0 Å². The first kappa shape index (κ1) is 19.1. The van der Waals surface area contributed by atoms with Crippen LogP contribution in [-0.4, -0.2) is 21.7 Å². The van der Waals surface area contributed by atoms with Crippen molar-refractivity contribution in [1.82, 2.24) is 10.2 Å². The smallest absolute Gasteiger partial charge is 0.276 e. The van der Waals surface area contributed by atoms with Crippen LogP contribution in [0.5, 0.6) is 5.75 Å². The van der Waals surface area contributed by atoms with Gasteiger partial charge in [0.15, 0.2) is 6.61 Å². The lowest BCUT2D eigenvalue weighted by atomic mass is 10.2. The van der Waals surface area contributed by atoms with Crippen LogP contribution in [0.1, 0.15) is 17.9 Å². The lowest BCUT2D eigenvalue weighted by Crippen LogP contribution is -1.95. The molecule has 0 aliphatic carbocycles. The first-order valence-corrected chi connectivity index (χ1v) is 10.6. The number of nitrogens with zero attached hydrogens (tertiary/aromatic N) is 2. The fraction of sp³-hybridized carbons (Fsp3) is 0.263. The average molecular weight is 407 g/mol. The highest BCUT2D eigenvalue weighted by molar-refractivity contribution is 8.00. The molecule has 136 valence electrons. The topological polar surface area (TPSA) is 48.2 Å². The van der Waals surface area contributed by atoms with Crippen LogP contribution in [0.4, 0.5) is 0 Å². The molecule has 3 rings (SSSR count). The number of halogens is 1. The molecule has 0 atom stereocenters. The van der Waals surface area contributed by atoms with Gasteiger partial charge in [-0.25, -0.2) is 0 Å². The normalized spacial score (nSPS) is 10.8. The van der Waals surface area contributed by atoms with Gasteiger partial charge >= 0.3 is 0 Å². The Bertz CT molecular complexity index is 842. The van der Waals surface area contributed by atoms with E-state index >= 15 is 0 Å². The minimum absolute atomic E-state index is 0.277. The summed E-state index contributed by atoms with van der Waals surface area (Å²) in [6, 6.07) is 15.8. The van der Waals surface area contributed by atoms with Gasteiger partial charge in [-0.3, -0.25) is 0 Å². The predicted octanol–water partition coefficient (Wildman–Crippen LogP) is 5.88. The first-order valence-electron chi connectivity index (χ1n) is 8.23. The summed E-state index contributed by atoms with van der Waals surface area (Å²) in [7, 11) is 0. The van der Waals surface area contributed by atoms with Gasteiger partial charge in [0.25, 0.3) is 11.1 Å². The van der Waals surface area contributed by atoms with Gasteiger partial charge in [-0.1, -0.05) is 47.6 Å². The Labute approximate surface area is 166 Å². The van der Waals surface area contributed by atoms with Gasteiger partial charge < -0.3 is 9.15 Å². The molecule has 0 spiro atoms. The molecular weight excluding hydrogens is 388 g/mol. The molecule has 2 aromatic carbocycles. The number of hydrogen-bond donors (Lipinski definition) is 0. The predicted molar refractivity (Wildman–Crippen MR) is 107 cm³/mol. The van der Waals surface area contributed by atoms with Crippen LogP contribution >= 0.6 is 35.1 Å². The summed E-state index contributed by atoms with van der Waals surface area (Å²) in [6.07, 6.45) is 1.03. The summed E-state index contributed by atoms with van der Waals surface area (Å²) in [5, 5.41) is 9.47. The van der Waals surface area contributed by atoms with E-state index in [4.69, 9.17) is 20.8 Å². The molecule has 0 aliphatic heterocycles. The number of hydrogen-bond acceptors (Lipinski definition) is 6. The molecule has 7 heteroatoms. The Kier molecular flexibility index (Phi) is 7.29. The summed E-state index contributed by atoms with van der Waals surface area (Å²) < 4.78 is 11.3. The SMILES string of the molecule is Cc1cccc(OCc2nnc(SCCCSc3ccccc3Cl)o2)c1. The quantitative estimate of drug-likeness (QED) is 0.326. The second-order valence-electron chi connectivity index (χ2n) is 5.55. The van der Waals surface area contributed by atoms with Crippen LogP contribution in [0.15, 0.2) is 63.1 Å². The molecular formula is C19H19ClN2O2S2. The van der Waals surface area contributed by atoms with E-state index in [0.717, 1.165) is 39.2 Å². The number of thioether (sulfide) groups is 2. The van der Waals surface area contributed by atoms with Crippen molar-refractivity contribution in [3.8, 4) is 5.75 Å². The van der Waals surface area contributed by atoms with E-state index in [-0.39, 0.29) is 6.61 Å². The molecule has 1 aromatic heterocycles. The minimum atomic E-state index is 0.277. The monoisotopic (exact) mass is 406 g/mol. The van der Waals surface area contributed by atoms with E-state index < -0.39 is 0 Å². The molecule has 0 bridgehead atoms. The van der Waals surface area contributed by atoms with Crippen molar-refractivity contribution in [1.29, 1.82) is 0 Å². The standard InChI is InChI=1S/C19H19ClN2O2S2/c1-14-6-4-7-15(12-14)23-13-18-21-22-19(24-18)26-11-5-10-25-17-9-3-2-8-16(17)20/h2-4,6-9,12H,5,10-11,13H2,1H3. The third-order valence-electron chi connectivity index (χ3n) is 3.41. The van der Waals surface area contributed by atoms with Crippen molar-refractivity contribution >= 4 is 35.1 Å². The number of ether oxygens (including phenoxy) is 1. The minimum Gasteiger partial charge on any atom is -0.484 e. The van der Waals surface area contributed by atoms with Crippen molar-refractivity contribution in [3.63, 3.8) is 0 Å². The molecule has 0 fully saturated rings. The maximum Gasteiger partial charge on any atom is 0.276 e. The van der Waals surface area contributed by atoms with E-state index in [0.29, 0.717) is 11.1 Å². The third-order valence-corrected chi connectivity index (χ3v) is 5.91. The maximum absolute atomic E-state index is 6.15. The zero-order valence-corrected chi connectivity index (χ0v) is 16.7. The van der Waals surface area contributed by atoms with E-state index in [1.54, 1.807) is 23.5 Å². The van der Waals surface area contributed by atoms with Crippen molar-refractivity contribution in [2.75, 3.05) is 11.5 Å². The van der Waals surface area contributed by atoms with E-state index in [9.17, 15) is 0 Å². The van der Waals surface area contributed by atoms with Crippen molar-refractivity contribution in [2.45, 2.75) is 30.1 Å². The molecule has 0 unspecified atom stereocenters. The molecule has 0 aliphatic rings. The lowest BCUT2D eigenvalue weighted by molar-refractivity contribution is 0.252. The van der Waals surface area contributed by atoms with Crippen LogP contribution in [0, 0.1) is 6.92 Å². The molecule has 0 amide bonds. The number of aromatic nitrogens is 2. The van der Waals surface area contributed by atoms with Crippen LogP contribution in [0.25, 0.3) is 0 Å². The molecule has 4 nitrogen and oxygen atoms in total. The summed E-state index contributed by atoms with van der Waals surface area (Å²) in [5.74, 6) is 3.19. The molecule has 0 radical (unpaired) electrons. The second kappa shape index (κ2) is 9.90. The van der Waals surface area contributed by atoms with Gasteiger partial charge in [-0.05, 0) is 48.9 Å². The molecule has 0 saturated carbocycles. The van der Waals surface area contributed by atoms with Crippen molar-refractivity contribution < 1.29 is 9.15 Å². The highest BCUT2D eigenvalue weighted by Gasteiger charge is 2.08. The molecule has 26 heavy (non-hydrogen) atoms. The number of benzene rings is 2. The van der Waals surface area contributed by atoms with Crippen LogP contribution in [-0.2, 0) is 6.61 Å². The summed E-state index contributed by atoms with van der Waals surface area (Å²) in [6.45, 7) is 2.30. The number of rotatable bonds is 9. The van der Waals surface area contributed by atoms with Crippen LogP contribution in [0.2, 0.25) is 5.02 Å². The Morgan fingerprint density at radius 1 is 1.04 bits per heavy atom. The zero-order chi connectivity index (χ0) is 18.2. The van der Waals surface area contributed by atoms with Gasteiger partial charge in [-0.2, -0.15) is 0 Å². The molecule has 0 saturated heterocycles. The van der Waals surface area contributed by atoms with Crippen molar-refractivity contribution in [3.05, 3.63) is 65.0 Å². The maximum atomic E-state index is 6.15. The molecule has 1 heterocycles.